The molecular formula is C16H19N3O3. The van der Waals surface area contributed by atoms with E-state index < -0.39 is 5.97 Å². The maximum atomic E-state index is 12.0. The number of hydrogen-bond donors (Lipinski definition) is 3. The molecule has 22 heavy (non-hydrogen) atoms. The summed E-state index contributed by atoms with van der Waals surface area (Å²) in [5.41, 5.74) is 7.83. The van der Waals surface area contributed by atoms with E-state index in [1.165, 1.54) is 0 Å². The fraction of sp³-hybridized carbons (Fsp3) is 0.438. The van der Waals surface area contributed by atoms with E-state index in [-0.39, 0.29) is 12.3 Å². The molecule has 116 valence electrons. The zero-order valence-electron chi connectivity index (χ0n) is 12.7. The van der Waals surface area contributed by atoms with E-state index in [0.29, 0.717) is 17.9 Å². The summed E-state index contributed by atoms with van der Waals surface area (Å²) in [4.78, 5) is 26.0. The lowest BCUT2D eigenvalue weighted by Gasteiger charge is -2.01. The highest BCUT2D eigenvalue weighted by molar-refractivity contribution is 6.28. The van der Waals surface area contributed by atoms with Crippen molar-refractivity contribution < 1.29 is 14.7 Å². The lowest BCUT2D eigenvalue weighted by Crippen LogP contribution is -2.13. The van der Waals surface area contributed by atoms with Crippen LogP contribution in [0, 0.1) is 19.8 Å². The molecule has 1 aromatic heterocycles. The second kappa shape index (κ2) is 5.44. The summed E-state index contributed by atoms with van der Waals surface area (Å²) in [5, 5.41) is 13.0. The number of nitrogens with one attached hydrogen (secondary N) is 2. The highest BCUT2D eigenvalue weighted by Gasteiger charge is 2.36. The smallest absolute Gasteiger partial charge is 0.303 e. The Morgan fingerprint density at radius 1 is 1.41 bits per heavy atom. The van der Waals surface area contributed by atoms with Gasteiger partial charge in [-0.15, -0.1) is 0 Å². The summed E-state index contributed by atoms with van der Waals surface area (Å²) in [6.45, 7) is 3.88. The Bertz CT molecular complexity index is 708. The molecule has 0 unspecified atom stereocenters. The first-order valence-corrected chi connectivity index (χ1v) is 7.47. The predicted molar refractivity (Wildman–Crippen MR) is 82.5 cm³/mol. The normalized spacial score (nSPS) is 19.5. The van der Waals surface area contributed by atoms with Gasteiger partial charge >= 0.3 is 5.97 Å². The number of hydrazone groups is 1. The molecule has 0 atom stereocenters. The maximum Gasteiger partial charge on any atom is 0.303 e. The van der Waals surface area contributed by atoms with E-state index in [1.54, 1.807) is 0 Å². The van der Waals surface area contributed by atoms with Crippen LogP contribution in [-0.4, -0.2) is 27.7 Å². The minimum Gasteiger partial charge on any atom is -0.481 e. The number of hydrogen-bond acceptors (Lipinski definition) is 3. The van der Waals surface area contributed by atoms with Crippen LogP contribution in [0.25, 0.3) is 6.08 Å². The van der Waals surface area contributed by atoms with Gasteiger partial charge in [0.1, 0.15) is 0 Å². The fourth-order valence-electron chi connectivity index (χ4n) is 2.87. The maximum absolute atomic E-state index is 12.0. The van der Waals surface area contributed by atoms with Crippen molar-refractivity contribution in [1.29, 1.82) is 0 Å². The molecule has 1 aliphatic carbocycles. The van der Waals surface area contributed by atoms with Crippen molar-refractivity contribution in [2.75, 3.05) is 0 Å². The number of aromatic amines is 1. The lowest BCUT2D eigenvalue weighted by atomic mass is 10.0. The molecule has 0 aromatic carbocycles. The first-order valence-electron chi connectivity index (χ1n) is 7.47. The molecule has 2 heterocycles. The zero-order chi connectivity index (χ0) is 15.9. The van der Waals surface area contributed by atoms with Crippen molar-refractivity contribution in [2.24, 2.45) is 11.0 Å². The first-order chi connectivity index (χ1) is 10.5. The van der Waals surface area contributed by atoms with Crippen LogP contribution in [0.1, 0.15) is 41.8 Å². The highest BCUT2D eigenvalue weighted by atomic mass is 16.4. The minimum absolute atomic E-state index is 0.102. The third-order valence-electron chi connectivity index (χ3n) is 4.27. The van der Waals surface area contributed by atoms with Crippen LogP contribution >= 0.6 is 0 Å². The standard InChI is InChI=1S/C16H19N3O3/c1-8-11(5-6-14(20)21)9(2)17-13(8)7-12-15(10-3-4-10)18-19-16(12)22/h7,10,17H,3-6H2,1-2H3,(H,19,22)(H,20,21)/b12-7+. The van der Waals surface area contributed by atoms with Gasteiger partial charge < -0.3 is 10.1 Å². The molecule has 3 N–H and O–H groups in total. The van der Waals surface area contributed by atoms with Gasteiger partial charge in [0.25, 0.3) is 5.91 Å². The summed E-state index contributed by atoms with van der Waals surface area (Å²) < 4.78 is 0. The van der Waals surface area contributed by atoms with Crippen molar-refractivity contribution in [2.45, 2.75) is 39.5 Å². The van der Waals surface area contributed by atoms with E-state index >= 15 is 0 Å². The third-order valence-corrected chi connectivity index (χ3v) is 4.27. The van der Waals surface area contributed by atoms with Crippen LogP contribution in [0.5, 0.6) is 0 Å². The van der Waals surface area contributed by atoms with Crippen LogP contribution in [0.4, 0.5) is 0 Å². The molecule has 0 saturated heterocycles. The average Bonchev–Trinajstić information content (AvgIpc) is 3.18. The molecule has 1 saturated carbocycles. The largest absolute Gasteiger partial charge is 0.481 e. The number of amides is 1. The van der Waals surface area contributed by atoms with Crippen molar-refractivity contribution >= 4 is 23.7 Å². The number of aliphatic carboxylic acids is 1. The first kappa shape index (κ1) is 14.6. The number of carboxylic acid groups (broad SMARTS) is 1. The Hall–Kier alpha value is -2.37. The number of carbonyl (C=O) groups excluding carboxylic acids is 1. The quantitative estimate of drug-likeness (QED) is 0.725. The Balaban J connectivity index is 1.90. The van der Waals surface area contributed by atoms with Gasteiger partial charge in [-0.25, -0.2) is 5.43 Å². The van der Waals surface area contributed by atoms with Crippen molar-refractivity contribution in [3.05, 3.63) is 28.1 Å². The van der Waals surface area contributed by atoms with Crippen molar-refractivity contribution in [3.63, 3.8) is 0 Å². The van der Waals surface area contributed by atoms with Crippen molar-refractivity contribution in [3.8, 4) is 0 Å². The predicted octanol–water partition coefficient (Wildman–Crippen LogP) is 1.93. The van der Waals surface area contributed by atoms with Crippen LogP contribution in [0.2, 0.25) is 0 Å². The molecule has 0 spiro atoms. The average molecular weight is 301 g/mol. The molecule has 1 aliphatic heterocycles. The molecule has 2 aliphatic rings. The minimum atomic E-state index is -0.807. The summed E-state index contributed by atoms with van der Waals surface area (Å²) in [6, 6.07) is 0. The molecule has 1 fully saturated rings. The van der Waals surface area contributed by atoms with Crippen LogP contribution in [-0.2, 0) is 16.0 Å². The summed E-state index contributed by atoms with van der Waals surface area (Å²) in [7, 11) is 0. The Morgan fingerprint density at radius 3 is 2.77 bits per heavy atom. The van der Waals surface area contributed by atoms with Gasteiger partial charge in [-0.1, -0.05) is 0 Å². The van der Waals surface area contributed by atoms with E-state index in [1.807, 2.05) is 19.9 Å². The van der Waals surface area contributed by atoms with Crippen LogP contribution in [0.3, 0.4) is 0 Å². The summed E-state index contributed by atoms with van der Waals surface area (Å²) in [5.74, 6) is -0.577. The van der Waals surface area contributed by atoms with Gasteiger partial charge in [-0.2, -0.15) is 5.10 Å². The van der Waals surface area contributed by atoms with Gasteiger partial charge in [0.05, 0.1) is 11.3 Å². The molecule has 1 aromatic rings. The number of aryl methyl sites for hydroxylation is 1. The van der Waals surface area contributed by atoms with Gasteiger partial charge in [-0.3, -0.25) is 9.59 Å². The molecule has 0 bridgehead atoms. The van der Waals surface area contributed by atoms with E-state index in [2.05, 4.69) is 15.5 Å². The monoisotopic (exact) mass is 301 g/mol. The molecule has 0 radical (unpaired) electrons. The number of nitrogens with zero attached hydrogens (tertiary/aromatic N) is 1. The summed E-state index contributed by atoms with van der Waals surface area (Å²) >= 11 is 0. The molecular weight excluding hydrogens is 282 g/mol. The highest BCUT2D eigenvalue weighted by Crippen LogP contribution is 2.35. The van der Waals surface area contributed by atoms with Gasteiger partial charge in [-0.05, 0) is 50.3 Å². The SMILES string of the molecule is Cc1[nH]c(/C=C2/C(=O)NN=C2C2CC2)c(C)c1CCC(=O)O. The molecule has 6 nitrogen and oxygen atoms in total. The number of carbonyl (C=O) groups is 2. The van der Waals surface area contributed by atoms with Crippen LogP contribution < -0.4 is 5.43 Å². The third kappa shape index (κ3) is 2.68. The van der Waals surface area contributed by atoms with Crippen molar-refractivity contribution in [1.82, 2.24) is 10.4 Å². The van der Waals surface area contributed by atoms with Gasteiger partial charge in [0.15, 0.2) is 0 Å². The number of rotatable bonds is 5. The summed E-state index contributed by atoms with van der Waals surface area (Å²) in [6.07, 6.45) is 4.59. The molecule has 6 heteroatoms. The second-order valence-corrected chi connectivity index (χ2v) is 5.93. The van der Waals surface area contributed by atoms with E-state index in [0.717, 1.165) is 41.1 Å². The van der Waals surface area contributed by atoms with E-state index in [9.17, 15) is 9.59 Å². The van der Waals surface area contributed by atoms with E-state index in [4.69, 9.17) is 5.11 Å². The van der Waals surface area contributed by atoms with Gasteiger partial charge in [0, 0.05) is 23.7 Å². The second-order valence-electron chi connectivity index (χ2n) is 5.93. The fourth-order valence-corrected chi connectivity index (χ4v) is 2.87. The Morgan fingerprint density at radius 2 is 2.14 bits per heavy atom. The Kier molecular flexibility index (Phi) is 3.60. The number of H-pyrrole nitrogens is 1. The zero-order valence-corrected chi connectivity index (χ0v) is 12.7. The van der Waals surface area contributed by atoms with Gasteiger partial charge in [0.2, 0.25) is 0 Å². The van der Waals surface area contributed by atoms with Crippen LogP contribution in [0.15, 0.2) is 10.7 Å². The topological polar surface area (TPSA) is 94.5 Å². The number of carboxylic acids is 1. The molecule has 3 rings (SSSR count). The number of aromatic nitrogens is 1. The lowest BCUT2D eigenvalue weighted by molar-refractivity contribution is -0.137. The Labute approximate surface area is 128 Å². The molecule has 1 amide bonds.